The summed E-state index contributed by atoms with van der Waals surface area (Å²) < 4.78 is 1.58. The van der Waals surface area contributed by atoms with Crippen LogP contribution in [-0.4, -0.2) is 38.6 Å². The highest BCUT2D eigenvalue weighted by Gasteiger charge is 2.22. The van der Waals surface area contributed by atoms with Crippen LogP contribution in [0.3, 0.4) is 0 Å². The van der Waals surface area contributed by atoms with E-state index in [-0.39, 0.29) is 11.6 Å². The largest absolute Gasteiger partial charge is 0.337 e. The molecule has 1 aliphatic heterocycles. The second-order valence-corrected chi connectivity index (χ2v) is 5.70. The number of likely N-dealkylation sites (tertiary alicyclic amines) is 1. The Labute approximate surface area is 133 Å². The van der Waals surface area contributed by atoms with E-state index in [9.17, 15) is 14.9 Å². The van der Waals surface area contributed by atoms with Crippen molar-refractivity contribution in [3.8, 4) is 11.3 Å². The monoisotopic (exact) mass is 314 g/mol. The minimum absolute atomic E-state index is 0.00661. The molecule has 0 spiro atoms. The molecule has 23 heavy (non-hydrogen) atoms. The van der Waals surface area contributed by atoms with Crippen LogP contribution in [-0.2, 0) is 7.05 Å². The molecule has 1 aliphatic rings. The highest BCUT2D eigenvalue weighted by Crippen LogP contribution is 2.23. The van der Waals surface area contributed by atoms with E-state index >= 15 is 0 Å². The molecule has 2 aromatic rings. The number of nitrogens with zero attached hydrogens (tertiary/aromatic N) is 4. The molecule has 1 fully saturated rings. The summed E-state index contributed by atoms with van der Waals surface area (Å²) in [4.78, 5) is 24.7. The fraction of sp³-hybridized carbons (Fsp3) is 0.375. The summed E-state index contributed by atoms with van der Waals surface area (Å²) in [5.41, 5.74) is 1.97. The number of amides is 1. The zero-order valence-corrected chi connectivity index (χ0v) is 12.9. The highest BCUT2D eigenvalue weighted by molar-refractivity contribution is 5.93. The number of benzene rings is 1. The molecule has 0 atom stereocenters. The van der Waals surface area contributed by atoms with Crippen LogP contribution in [0.1, 0.15) is 29.8 Å². The summed E-state index contributed by atoms with van der Waals surface area (Å²) in [7, 11) is 1.74. The van der Waals surface area contributed by atoms with Crippen molar-refractivity contribution in [1.29, 1.82) is 0 Å². The number of aryl methyl sites for hydroxylation is 1. The molecule has 0 saturated carbocycles. The Bertz CT molecular complexity index is 730. The van der Waals surface area contributed by atoms with Gasteiger partial charge in [0.15, 0.2) is 0 Å². The molecule has 3 rings (SSSR count). The maximum absolute atomic E-state index is 12.6. The SMILES string of the molecule is Cn1nc(-c2ccc([N+](=O)[O-])cc2)cc1C(=O)N1CCCCC1. The van der Waals surface area contributed by atoms with Gasteiger partial charge in [-0.2, -0.15) is 5.10 Å². The molecule has 1 amide bonds. The molecule has 2 heterocycles. The van der Waals surface area contributed by atoms with Crippen molar-refractivity contribution in [2.24, 2.45) is 7.05 Å². The molecule has 7 heteroatoms. The van der Waals surface area contributed by atoms with Crippen molar-refractivity contribution in [3.05, 3.63) is 46.1 Å². The first kappa shape index (κ1) is 15.2. The summed E-state index contributed by atoms with van der Waals surface area (Å²) in [6.07, 6.45) is 3.25. The van der Waals surface area contributed by atoms with E-state index in [2.05, 4.69) is 5.10 Å². The summed E-state index contributed by atoms with van der Waals surface area (Å²) >= 11 is 0. The van der Waals surface area contributed by atoms with Crippen molar-refractivity contribution in [3.63, 3.8) is 0 Å². The number of nitro benzene ring substituents is 1. The lowest BCUT2D eigenvalue weighted by molar-refractivity contribution is -0.384. The minimum Gasteiger partial charge on any atom is -0.337 e. The Morgan fingerprint density at radius 1 is 1.17 bits per heavy atom. The molecular formula is C16H18N4O3. The quantitative estimate of drug-likeness (QED) is 0.644. The fourth-order valence-corrected chi connectivity index (χ4v) is 2.82. The van der Waals surface area contributed by atoms with Crippen LogP contribution in [0.2, 0.25) is 0 Å². The predicted octanol–water partition coefficient (Wildman–Crippen LogP) is 2.62. The van der Waals surface area contributed by atoms with Crippen molar-refractivity contribution in [2.75, 3.05) is 13.1 Å². The molecule has 7 nitrogen and oxygen atoms in total. The van der Waals surface area contributed by atoms with Crippen molar-refractivity contribution in [2.45, 2.75) is 19.3 Å². The zero-order valence-electron chi connectivity index (χ0n) is 12.9. The normalized spacial score (nSPS) is 14.7. The van der Waals surface area contributed by atoms with E-state index < -0.39 is 4.92 Å². The van der Waals surface area contributed by atoms with E-state index in [0.29, 0.717) is 11.4 Å². The van der Waals surface area contributed by atoms with E-state index in [1.165, 1.54) is 18.6 Å². The van der Waals surface area contributed by atoms with Crippen LogP contribution in [0, 0.1) is 10.1 Å². The third-order valence-corrected chi connectivity index (χ3v) is 4.12. The fourth-order valence-electron chi connectivity index (χ4n) is 2.82. The number of nitro groups is 1. The third-order valence-electron chi connectivity index (χ3n) is 4.12. The van der Waals surface area contributed by atoms with Gasteiger partial charge in [-0.15, -0.1) is 0 Å². The van der Waals surface area contributed by atoms with Gasteiger partial charge in [0, 0.05) is 37.8 Å². The van der Waals surface area contributed by atoms with Crippen LogP contribution < -0.4 is 0 Å². The molecule has 0 unspecified atom stereocenters. The predicted molar refractivity (Wildman–Crippen MR) is 85.1 cm³/mol. The second kappa shape index (κ2) is 6.20. The number of carbonyl (C=O) groups excluding carboxylic acids is 1. The molecule has 0 radical (unpaired) electrons. The topological polar surface area (TPSA) is 81.3 Å². The van der Waals surface area contributed by atoms with E-state index in [0.717, 1.165) is 31.5 Å². The highest BCUT2D eigenvalue weighted by atomic mass is 16.6. The number of non-ortho nitro benzene ring substituents is 1. The number of piperidine rings is 1. The molecule has 0 bridgehead atoms. The Morgan fingerprint density at radius 2 is 1.83 bits per heavy atom. The number of hydrogen-bond donors (Lipinski definition) is 0. The van der Waals surface area contributed by atoms with Gasteiger partial charge in [-0.1, -0.05) is 0 Å². The average Bonchev–Trinajstić information content (AvgIpc) is 2.97. The summed E-state index contributed by atoms with van der Waals surface area (Å²) in [5.74, 6) is -0.00661. The first-order valence-electron chi connectivity index (χ1n) is 7.64. The van der Waals surface area contributed by atoms with Gasteiger partial charge in [0.2, 0.25) is 0 Å². The number of carbonyl (C=O) groups is 1. The van der Waals surface area contributed by atoms with Gasteiger partial charge in [0.25, 0.3) is 11.6 Å². The Kier molecular flexibility index (Phi) is 4.10. The lowest BCUT2D eigenvalue weighted by Gasteiger charge is -2.26. The average molecular weight is 314 g/mol. The van der Waals surface area contributed by atoms with E-state index in [1.807, 2.05) is 4.90 Å². The molecule has 120 valence electrons. The summed E-state index contributed by atoms with van der Waals surface area (Å²) in [6, 6.07) is 7.93. The van der Waals surface area contributed by atoms with Crippen molar-refractivity contribution < 1.29 is 9.72 Å². The molecule has 0 N–H and O–H groups in total. The maximum Gasteiger partial charge on any atom is 0.272 e. The van der Waals surface area contributed by atoms with Crippen LogP contribution in [0.25, 0.3) is 11.3 Å². The van der Waals surface area contributed by atoms with Gasteiger partial charge in [-0.25, -0.2) is 0 Å². The molecule has 1 saturated heterocycles. The molecule has 0 aliphatic carbocycles. The standard InChI is InChI=1S/C16H18N4O3/c1-18-15(16(21)19-9-3-2-4-10-19)11-14(17-18)12-5-7-13(8-6-12)20(22)23/h5-8,11H,2-4,9-10H2,1H3. The van der Waals surface area contributed by atoms with Gasteiger partial charge in [-0.3, -0.25) is 19.6 Å². The summed E-state index contributed by atoms with van der Waals surface area (Å²) in [5, 5.41) is 15.1. The van der Waals surface area contributed by atoms with Crippen LogP contribution in [0.5, 0.6) is 0 Å². The summed E-state index contributed by atoms with van der Waals surface area (Å²) in [6.45, 7) is 1.58. The Morgan fingerprint density at radius 3 is 2.43 bits per heavy atom. The third kappa shape index (κ3) is 3.08. The smallest absolute Gasteiger partial charge is 0.272 e. The lowest BCUT2D eigenvalue weighted by atomic mass is 10.1. The van der Waals surface area contributed by atoms with Crippen LogP contribution in [0.4, 0.5) is 5.69 Å². The van der Waals surface area contributed by atoms with Gasteiger partial charge >= 0.3 is 0 Å². The lowest BCUT2D eigenvalue weighted by Crippen LogP contribution is -2.36. The molecule has 1 aromatic carbocycles. The Hall–Kier alpha value is -2.70. The van der Waals surface area contributed by atoms with Gasteiger partial charge in [0.05, 0.1) is 10.6 Å². The minimum atomic E-state index is -0.437. The van der Waals surface area contributed by atoms with E-state index in [4.69, 9.17) is 0 Å². The maximum atomic E-state index is 12.6. The Balaban J connectivity index is 1.85. The van der Waals surface area contributed by atoms with Crippen LogP contribution in [0.15, 0.2) is 30.3 Å². The van der Waals surface area contributed by atoms with Crippen LogP contribution >= 0.6 is 0 Å². The zero-order chi connectivity index (χ0) is 16.4. The number of aromatic nitrogens is 2. The van der Waals surface area contributed by atoms with Gasteiger partial charge < -0.3 is 4.90 Å². The molecule has 1 aromatic heterocycles. The van der Waals surface area contributed by atoms with Crippen molar-refractivity contribution in [1.82, 2.24) is 14.7 Å². The van der Waals surface area contributed by atoms with E-state index in [1.54, 1.807) is 29.9 Å². The second-order valence-electron chi connectivity index (χ2n) is 5.70. The first-order chi connectivity index (χ1) is 11.1. The van der Waals surface area contributed by atoms with Gasteiger partial charge in [0.1, 0.15) is 5.69 Å². The molecular weight excluding hydrogens is 296 g/mol. The van der Waals surface area contributed by atoms with Crippen molar-refractivity contribution >= 4 is 11.6 Å². The number of rotatable bonds is 3. The van der Waals surface area contributed by atoms with Gasteiger partial charge in [-0.05, 0) is 37.5 Å². The first-order valence-corrected chi connectivity index (χ1v) is 7.64. The number of hydrogen-bond acceptors (Lipinski definition) is 4.